The van der Waals surface area contributed by atoms with Gasteiger partial charge in [0.25, 0.3) is 0 Å². The predicted molar refractivity (Wildman–Crippen MR) is 99.8 cm³/mol. The highest BCUT2D eigenvalue weighted by atomic mass is 19.1. The molecule has 0 aromatic heterocycles. The summed E-state index contributed by atoms with van der Waals surface area (Å²) >= 11 is 0. The number of hydrogen-bond acceptors (Lipinski definition) is 5. The van der Waals surface area contributed by atoms with E-state index in [1.54, 1.807) is 24.3 Å². The second-order valence-corrected chi connectivity index (χ2v) is 6.78. The van der Waals surface area contributed by atoms with Crippen molar-refractivity contribution in [3.8, 4) is 28.7 Å². The number of benzene rings is 3. The van der Waals surface area contributed by atoms with Gasteiger partial charge in [-0.25, -0.2) is 4.39 Å². The predicted octanol–water partition coefficient (Wildman–Crippen LogP) is 4.82. The topological polar surface area (TPSA) is 87.0 Å². The van der Waals surface area contributed by atoms with Crippen LogP contribution < -0.4 is 4.74 Å². The van der Waals surface area contributed by atoms with E-state index in [-0.39, 0.29) is 40.3 Å². The van der Waals surface area contributed by atoms with Crippen molar-refractivity contribution in [3.63, 3.8) is 0 Å². The summed E-state index contributed by atoms with van der Waals surface area (Å²) in [7, 11) is 0. The average molecular weight is 380 g/mol. The van der Waals surface area contributed by atoms with Crippen LogP contribution in [-0.2, 0) is 0 Å². The van der Waals surface area contributed by atoms with E-state index < -0.39 is 5.75 Å². The first-order chi connectivity index (χ1) is 13.5. The van der Waals surface area contributed by atoms with Crippen LogP contribution in [-0.4, -0.2) is 21.6 Å². The fourth-order valence-electron chi connectivity index (χ4n) is 3.46. The lowest BCUT2D eigenvalue weighted by molar-refractivity contribution is 0.111. The van der Waals surface area contributed by atoms with Crippen LogP contribution in [0.3, 0.4) is 0 Å². The summed E-state index contributed by atoms with van der Waals surface area (Å²) in [5.74, 6) is -0.344. The zero-order valence-electron chi connectivity index (χ0n) is 14.7. The number of phenols is 3. The van der Waals surface area contributed by atoms with Gasteiger partial charge in [0.15, 0.2) is 6.29 Å². The van der Waals surface area contributed by atoms with Gasteiger partial charge in [0, 0.05) is 11.6 Å². The quantitative estimate of drug-likeness (QED) is 0.553. The summed E-state index contributed by atoms with van der Waals surface area (Å²) in [5, 5.41) is 30.0. The summed E-state index contributed by atoms with van der Waals surface area (Å²) < 4.78 is 18.6. The number of rotatable bonds is 5. The minimum Gasteiger partial charge on any atom is -0.507 e. The monoisotopic (exact) mass is 380 g/mol. The van der Waals surface area contributed by atoms with E-state index >= 15 is 0 Å². The molecule has 4 rings (SSSR count). The Morgan fingerprint density at radius 2 is 1.50 bits per heavy atom. The third-order valence-corrected chi connectivity index (χ3v) is 4.97. The number of hydrogen-bond donors (Lipinski definition) is 3. The Balaban J connectivity index is 1.52. The van der Waals surface area contributed by atoms with Gasteiger partial charge in [-0.1, -0.05) is 12.1 Å². The SMILES string of the molecule is O=Cc1c(O)cc(O)c(C2CC2c2ccc(Oc3ccc(F)cc3)cc2)c1O. The van der Waals surface area contributed by atoms with E-state index in [0.29, 0.717) is 24.2 Å². The van der Waals surface area contributed by atoms with Crippen LogP contribution in [0.1, 0.15) is 39.7 Å². The van der Waals surface area contributed by atoms with Gasteiger partial charge >= 0.3 is 0 Å². The van der Waals surface area contributed by atoms with Crippen molar-refractivity contribution >= 4 is 6.29 Å². The number of halogens is 1. The van der Waals surface area contributed by atoms with Crippen LogP contribution in [0.4, 0.5) is 4.39 Å². The lowest BCUT2D eigenvalue weighted by atomic mass is 9.99. The minimum atomic E-state index is -0.451. The molecule has 5 nitrogen and oxygen atoms in total. The number of carbonyl (C=O) groups is 1. The molecule has 0 bridgehead atoms. The molecule has 6 heteroatoms. The normalized spacial score (nSPS) is 17.9. The van der Waals surface area contributed by atoms with Gasteiger partial charge in [0.1, 0.15) is 34.6 Å². The molecule has 3 aromatic carbocycles. The fraction of sp³-hybridized carbons (Fsp3) is 0.136. The third kappa shape index (κ3) is 3.24. The Labute approximate surface area is 160 Å². The molecule has 1 aliphatic rings. The Morgan fingerprint density at radius 1 is 0.893 bits per heavy atom. The first-order valence-electron chi connectivity index (χ1n) is 8.74. The van der Waals surface area contributed by atoms with Crippen LogP contribution in [0, 0.1) is 5.82 Å². The number of aldehydes is 1. The van der Waals surface area contributed by atoms with Crippen molar-refractivity contribution in [1.82, 2.24) is 0 Å². The highest BCUT2D eigenvalue weighted by Gasteiger charge is 2.43. The largest absolute Gasteiger partial charge is 0.507 e. The number of ether oxygens (including phenoxy) is 1. The Kier molecular flexibility index (Phi) is 4.39. The zero-order chi connectivity index (χ0) is 19.8. The third-order valence-electron chi connectivity index (χ3n) is 4.97. The van der Waals surface area contributed by atoms with E-state index in [1.165, 1.54) is 12.1 Å². The summed E-state index contributed by atoms with van der Waals surface area (Å²) in [6.07, 6.45) is 1.06. The molecule has 28 heavy (non-hydrogen) atoms. The maximum atomic E-state index is 13.0. The second kappa shape index (κ2) is 6.88. The molecule has 1 aliphatic carbocycles. The molecule has 0 spiro atoms. The van der Waals surface area contributed by atoms with Crippen molar-refractivity contribution in [3.05, 3.63) is 77.1 Å². The van der Waals surface area contributed by atoms with Gasteiger partial charge in [-0.05, 0) is 60.2 Å². The molecule has 0 radical (unpaired) electrons. The van der Waals surface area contributed by atoms with Gasteiger partial charge in [0.05, 0.1) is 5.56 Å². The van der Waals surface area contributed by atoms with Crippen LogP contribution in [0.15, 0.2) is 54.6 Å². The van der Waals surface area contributed by atoms with Crippen molar-refractivity contribution in [2.45, 2.75) is 18.3 Å². The molecule has 142 valence electrons. The van der Waals surface area contributed by atoms with E-state index in [1.807, 2.05) is 12.1 Å². The number of aromatic hydroxyl groups is 3. The lowest BCUT2D eigenvalue weighted by Crippen LogP contribution is -1.92. The summed E-state index contributed by atoms with van der Waals surface area (Å²) in [5.41, 5.74) is 1.05. The first-order valence-corrected chi connectivity index (χ1v) is 8.74. The van der Waals surface area contributed by atoms with Gasteiger partial charge in [-0.3, -0.25) is 4.79 Å². The zero-order valence-corrected chi connectivity index (χ0v) is 14.7. The Morgan fingerprint density at radius 3 is 2.11 bits per heavy atom. The molecular formula is C22H17FO5. The van der Waals surface area contributed by atoms with Crippen LogP contribution in [0.2, 0.25) is 0 Å². The highest BCUT2D eigenvalue weighted by molar-refractivity contribution is 5.85. The van der Waals surface area contributed by atoms with Crippen LogP contribution in [0.25, 0.3) is 0 Å². The maximum Gasteiger partial charge on any atom is 0.157 e. The standard InChI is InChI=1S/C22H17FO5/c23-13-3-7-15(8-4-13)28-14-5-1-12(2-6-14)16-9-17(16)21-20(26)10-19(25)18(11-24)22(21)27/h1-8,10-11,16-17,25-27H,9H2. The van der Waals surface area contributed by atoms with Gasteiger partial charge in [-0.2, -0.15) is 0 Å². The molecule has 3 N–H and O–H groups in total. The van der Waals surface area contributed by atoms with Crippen molar-refractivity contribution in [1.29, 1.82) is 0 Å². The van der Waals surface area contributed by atoms with Crippen LogP contribution in [0.5, 0.6) is 28.7 Å². The molecule has 1 fully saturated rings. The summed E-state index contributed by atoms with van der Waals surface area (Å²) in [4.78, 5) is 11.1. The van der Waals surface area contributed by atoms with Gasteiger partial charge < -0.3 is 20.1 Å². The van der Waals surface area contributed by atoms with Crippen molar-refractivity contribution in [2.24, 2.45) is 0 Å². The molecule has 2 unspecified atom stereocenters. The molecule has 0 saturated heterocycles. The van der Waals surface area contributed by atoms with Crippen LogP contribution >= 0.6 is 0 Å². The van der Waals surface area contributed by atoms with E-state index in [9.17, 15) is 24.5 Å². The highest BCUT2D eigenvalue weighted by Crippen LogP contribution is 2.60. The fourth-order valence-corrected chi connectivity index (χ4v) is 3.46. The summed E-state index contributed by atoms with van der Waals surface area (Å²) in [6, 6.07) is 14.2. The van der Waals surface area contributed by atoms with Crippen molar-refractivity contribution in [2.75, 3.05) is 0 Å². The van der Waals surface area contributed by atoms with E-state index in [4.69, 9.17) is 4.74 Å². The van der Waals surface area contributed by atoms with Gasteiger partial charge in [-0.15, -0.1) is 0 Å². The molecule has 2 atom stereocenters. The molecular weight excluding hydrogens is 363 g/mol. The average Bonchev–Trinajstić information content (AvgIpc) is 3.44. The molecule has 1 saturated carbocycles. The lowest BCUT2D eigenvalue weighted by Gasteiger charge is -2.11. The molecule has 0 aliphatic heterocycles. The van der Waals surface area contributed by atoms with Crippen molar-refractivity contribution < 1.29 is 29.2 Å². The number of carbonyl (C=O) groups excluding carboxylic acids is 1. The minimum absolute atomic E-state index is 0.0701. The Hall–Kier alpha value is -3.54. The smallest absolute Gasteiger partial charge is 0.157 e. The van der Waals surface area contributed by atoms with Gasteiger partial charge in [0.2, 0.25) is 0 Å². The summed E-state index contributed by atoms with van der Waals surface area (Å²) in [6.45, 7) is 0. The molecule has 3 aromatic rings. The Bertz CT molecular complexity index is 1030. The first kappa shape index (κ1) is 17.9. The molecule has 0 heterocycles. The molecule has 0 amide bonds. The number of phenolic OH excluding ortho intramolecular Hbond substituents is 3. The maximum absolute atomic E-state index is 13.0. The second-order valence-electron chi connectivity index (χ2n) is 6.78. The van der Waals surface area contributed by atoms with E-state index in [2.05, 4.69) is 0 Å². The van der Waals surface area contributed by atoms with E-state index in [0.717, 1.165) is 11.6 Å².